The first kappa shape index (κ1) is 13.8. The molecule has 0 unspecified atom stereocenters. The molecule has 0 atom stereocenters. The Morgan fingerprint density at radius 3 is 2.76 bits per heavy atom. The van der Waals surface area contributed by atoms with Crippen LogP contribution in [-0.4, -0.2) is 50.1 Å². The summed E-state index contributed by atoms with van der Waals surface area (Å²) >= 11 is 0. The topological polar surface area (TPSA) is 71.2 Å². The lowest BCUT2D eigenvalue weighted by atomic mass is 10.2. The van der Waals surface area contributed by atoms with Gasteiger partial charge in [0.2, 0.25) is 0 Å². The minimum atomic E-state index is -0.952. The van der Waals surface area contributed by atoms with Crippen LogP contribution in [0, 0.1) is 0 Å². The molecule has 0 radical (unpaired) electrons. The molecule has 0 aliphatic carbocycles. The summed E-state index contributed by atoms with van der Waals surface area (Å²) in [6, 6.07) is 3.03. The number of rotatable bonds is 5. The van der Waals surface area contributed by atoms with Crippen LogP contribution in [0.1, 0.15) is 23.2 Å². The van der Waals surface area contributed by atoms with Crippen LogP contribution in [0.15, 0.2) is 30.9 Å². The van der Waals surface area contributed by atoms with Crippen molar-refractivity contribution in [1.29, 1.82) is 0 Å². The minimum Gasteiger partial charge on any atom is -0.478 e. The van der Waals surface area contributed by atoms with Crippen molar-refractivity contribution in [3.63, 3.8) is 0 Å². The Bertz CT molecular complexity index is 632. The zero-order valence-corrected chi connectivity index (χ0v) is 11.8. The molecule has 6 nitrogen and oxygen atoms in total. The van der Waals surface area contributed by atoms with Crippen molar-refractivity contribution in [2.24, 2.45) is 0 Å². The number of nitrogens with zero attached hydrogens (tertiary/aromatic N) is 4. The lowest BCUT2D eigenvalue weighted by Gasteiger charge is -2.14. The van der Waals surface area contributed by atoms with Crippen LogP contribution in [0.3, 0.4) is 0 Å². The van der Waals surface area contributed by atoms with Gasteiger partial charge in [-0.05, 0) is 38.1 Å². The van der Waals surface area contributed by atoms with Crippen molar-refractivity contribution in [3.8, 4) is 11.4 Å². The quantitative estimate of drug-likeness (QED) is 0.906. The molecule has 21 heavy (non-hydrogen) atoms. The van der Waals surface area contributed by atoms with E-state index in [-0.39, 0.29) is 5.56 Å². The molecule has 2 aromatic heterocycles. The lowest BCUT2D eigenvalue weighted by Crippen LogP contribution is -2.23. The van der Waals surface area contributed by atoms with Gasteiger partial charge in [0.1, 0.15) is 5.69 Å². The molecule has 1 fully saturated rings. The number of aromatic nitrogens is 3. The Morgan fingerprint density at radius 2 is 2.00 bits per heavy atom. The van der Waals surface area contributed by atoms with Crippen molar-refractivity contribution in [1.82, 2.24) is 19.4 Å². The first-order chi connectivity index (χ1) is 10.2. The maximum absolute atomic E-state index is 11.0. The highest BCUT2D eigenvalue weighted by molar-refractivity contribution is 5.88. The first-order valence-electron chi connectivity index (χ1n) is 7.16. The predicted octanol–water partition coefficient (Wildman–Crippen LogP) is 1.74. The Morgan fingerprint density at radius 1 is 1.19 bits per heavy atom. The monoisotopic (exact) mass is 286 g/mol. The summed E-state index contributed by atoms with van der Waals surface area (Å²) in [6.45, 7) is 4.29. The number of carbonyl (C=O) groups is 1. The van der Waals surface area contributed by atoms with Crippen LogP contribution < -0.4 is 0 Å². The molecule has 1 aliphatic heterocycles. The molecule has 6 heteroatoms. The van der Waals surface area contributed by atoms with Gasteiger partial charge in [-0.15, -0.1) is 0 Å². The van der Waals surface area contributed by atoms with E-state index in [0.29, 0.717) is 11.4 Å². The van der Waals surface area contributed by atoms with E-state index in [0.717, 1.165) is 13.1 Å². The van der Waals surface area contributed by atoms with E-state index in [9.17, 15) is 4.79 Å². The second kappa shape index (κ2) is 6.05. The van der Waals surface area contributed by atoms with Crippen molar-refractivity contribution < 1.29 is 9.90 Å². The molecule has 3 heterocycles. The zero-order valence-electron chi connectivity index (χ0n) is 11.8. The Hall–Kier alpha value is -2.21. The van der Waals surface area contributed by atoms with E-state index >= 15 is 0 Å². The van der Waals surface area contributed by atoms with E-state index in [1.54, 1.807) is 12.4 Å². The highest BCUT2D eigenvalue weighted by Crippen LogP contribution is 2.16. The third-order valence-corrected chi connectivity index (χ3v) is 3.78. The smallest absolute Gasteiger partial charge is 0.335 e. The van der Waals surface area contributed by atoms with Crippen LogP contribution >= 0.6 is 0 Å². The van der Waals surface area contributed by atoms with Gasteiger partial charge in [-0.1, -0.05) is 0 Å². The molecule has 0 bridgehead atoms. The standard InChI is InChI=1S/C15H18N4O2/c20-15(21)12-3-4-16-13(9-12)14-10-19(11-17-14)8-7-18-5-1-2-6-18/h3-4,9-11H,1-2,5-8H2,(H,20,21). The van der Waals surface area contributed by atoms with E-state index in [1.807, 2.05) is 10.8 Å². The summed E-state index contributed by atoms with van der Waals surface area (Å²) in [5.41, 5.74) is 1.53. The van der Waals surface area contributed by atoms with E-state index in [1.165, 1.54) is 38.2 Å². The van der Waals surface area contributed by atoms with Gasteiger partial charge in [-0.3, -0.25) is 4.98 Å². The van der Waals surface area contributed by atoms with Crippen LogP contribution in [0.25, 0.3) is 11.4 Å². The molecule has 2 aromatic rings. The van der Waals surface area contributed by atoms with E-state index in [4.69, 9.17) is 5.11 Å². The maximum atomic E-state index is 11.0. The highest BCUT2D eigenvalue weighted by Gasteiger charge is 2.12. The fourth-order valence-corrected chi connectivity index (χ4v) is 2.58. The molecule has 1 saturated heterocycles. The van der Waals surface area contributed by atoms with Crippen molar-refractivity contribution in [2.45, 2.75) is 19.4 Å². The Labute approximate surface area is 123 Å². The van der Waals surface area contributed by atoms with Crippen molar-refractivity contribution >= 4 is 5.97 Å². The maximum Gasteiger partial charge on any atom is 0.335 e. The summed E-state index contributed by atoms with van der Waals surface area (Å²) in [6.07, 6.45) is 7.79. The molecule has 0 aromatic carbocycles. The number of carboxylic acid groups (broad SMARTS) is 1. The predicted molar refractivity (Wildman–Crippen MR) is 78.1 cm³/mol. The van der Waals surface area contributed by atoms with Gasteiger partial charge in [-0.2, -0.15) is 0 Å². The number of imidazole rings is 1. The normalized spacial score (nSPS) is 15.4. The summed E-state index contributed by atoms with van der Waals surface area (Å²) < 4.78 is 2.03. The molecule has 1 aliphatic rings. The van der Waals surface area contributed by atoms with Crippen LogP contribution in [-0.2, 0) is 6.54 Å². The highest BCUT2D eigenvalue weighted by atomic mass is 16.4. The van der Waals surface area contributed by atoms with Crippen LogP contribution in [0.2, 0.25) is 0 Å². The SMILES string of the molecule is O=C(O)c1ccnc(-c2cn(CCN3CCCC3)cn2)c1. The average molecular weight is 286 g/mol. The molecule has 3 rings (SSSR count). The number of aromatic carboxylic acids is 1. The second-order valence-corrected chi connectivity index (χ2v) is 5.28. The van der Waals surface area contributed by atoms with Crippen molar-refractivity contribution in [3.05, 3.63) is 36.4 Å². The summed E-state index contributed by atoms with van der Waals surface area (Å²) in [7, 11) is 0. The zero-order chi connectivity index (χ0) is 14.7. The second-order valence-electron chi connectivity index (χ2n) is 5.28. The summed E-state index contributed by atoms with van der Waals surface area (Å²) in [5, 5.41) is 9.01. The summed E-state index contributed by atoms with van der Waals surface area (Å²) in [5.74, 6) is -0.952. The number of likely N-dealkylation sites (tertiary alicyclic amines) is 1. The molecular formula is C15H18N4O2. The fourth-order valence-electron chi connectivity index (χ4n) is 2.58. The van der Waals surface area contributed by atoms with Gasteiger partial charge in [0.15, 0.2) is 0 Å². The van der Waals surface area contributed by atoms with E-state index in [2.05, 4.69) is 14.9 Å². The Kier molecular flexibility index (Phi) is 3.96. The van der Waals surface area contributed by atoms with Gasteiger partial charge >= 0.3 is 5.97 Å². The largest absolute Gasteiger partial charge is 0.478 e. The molecule has 110 valence electrons. The molecule has 0 spiro atoms. The third kappa shape index (κ3) is 3.28. The minimum absolute atomic E-state index is 0.228. The Balaban J connectivity index is 1.69. The summed E-state index contributed by atoms with van der Waals surface area (Å²) in [4.78, 5) is 21.9. The molecule has 0 amide bonds. The van der Waals surface area contributed by atoms with Crippen molar-refractivity contribution in [2.75, 3.05) is 19.6 Å². The van der Waals surface area contributed by atoms with Gasteiger partial charge < -0.3 is 14.6 Å². The van der Waals surface area contributed by atoms with Crippen LogP contribution in [0.4, 0.5) is 0 Å². The van der Waals surface area contributed by atoms with Gasteiger partial charge in [0, 0.05) is 25.5 Å². The number of hydrogen-bond acceptors (Lipinski definition) is 4. The number of pyridine rings is 1. The van der Waals surface area contributed by atoms with Gasteiger partial charge in [-0.25, -0.2) is 9.78 Å². The van der Waals surface area contributed by atoms with Gasteiger partial charge in [0.25, 0.3) is 0 Å². The molecule has 1 N–H and O–H groups in total. The molecular weight excluding hydrogens is 268 g/mol. The van der Waals surface area contributed by atoms with Crippen LogP contribution in [0.5, 0.6) is 0 Å². The fraction of sp³-hybridized carbons (Fsp3) is 0.400. The first-order valence-corrected chi connectivity index (χ1v) is 7.16. The van der Waals surface area contributed by atoms with E-state index < -0.39 is 5.97 Å². The number of carboxylic acids is 1. The van der Waals surface area contributed by atoms with Gasteiger partial charge in [0.05, 0.1) is 17.6 Å². The third-order valence-electron chi connectivity index (χ3n) is 3.78. The average Bonchev–Trinajstić information content (AvgIpc) is 3.17. The molecule has 0 saturated carbocycles. The number of hydrogen-bond donors (Lipinski definition) is 1. The lowest BCUT2D eigenvalue weighted by molar-refractivity contribution is 0.0697.